The Bertz CT molecular complexity index is 783. The van der Waals surface area contributed by atoms with E-state index in [1.54, 1.807) is 17.8 Å². The summed E-state index contributed by atoms with van der Waals surface area (Å²) in [5.74, 6) is 6.02. The van der Waals surface area contributed by atoms with Crippen LogP contribution >= 0.6 is 11.8 Å². The number of fused-ring (bicyclic) bond motifs is 1. The van der Waals surface area contributed by atoms with Crippen molar-refractivity contribution in [1.82, 2.24) is 5.43 Å². The Labute approximate surface area is 126 Å². The molecule has 3 rings (SSSR count). The topological polar surface area (TPSA) is 68.3 Å². The van der Waals surface area contributed by atoms with Gasteiger partial charge in [0, 0.05) is 4.90 Å². The fourth-order valence-electron chi connectivity index (χ4n) is 2.14. The molecule has 3 N–H and O–H groups in total. The van der Waals surface area contributed by atoms with Gasteiger partial charge in [0.1, 0.15) is 5.76 Å². The largest absolute Gasteiger partial charge is 0.468 e. The first kappa shape index (κ1) is 13.7. The number of carbonyl (C=O) groups is 1. The Balaban J connectivity index is 1.77. The summed E-state index contributed by atoms with van der Waals surface area (Å²) in [4.78, 5) is 12.7. The second-order valence-corrected chi connectivity index (χ2v) is 5.58. The van der Waals surface area contributed by atoms with Crippen molar-refractivity contribution in [3.05, 3.63) is 66.1 Å². The van der Waals surface area contributed by atoms with Gasteiger partial charge in [-0.05, 0) is 29.0 Å². The molecule has 0 aliphatic heterocycles. The lowest BCUT2D eigenvalue weighted by molar-refractivity contribution is 0.0952. The molecule has 1 amide bonds. The van der Waals surface area contributed by atoms with Gasteiger partial charge in [-0.2, -0.15) is 0 Å². The maximum atomic E-state index is 11.6. The molecule has 0 radical (unpaired) electrons. The Morgan fingerprint density at radius 1 is 1.14 bits per heavy atom. The average molecular weight is 298 g/mol. The first-order valence-electron chi connectivity index (χ1n) is 6.47. The molecule has 106 valence electrons. The quantitative estimate of drug-likeness (QED) is 0.335. The first-order valence-corrected chi connectivity index (χ1v) is 7.45. The van der Waals surface area contributed by atoms with Gasteiger partial charge in [-0.1, -0.05) is 30.3 Å². The highest BCUT2D eigenvalue weighted by molar-refractivity contribution is 7.98. The lowest BCUT2D eigenvalue weighted by Crippen LogP contribution is -2.30. The molecule has 0 aliphatic carbocycles. The highest BCUT2D eigenvalue weighted by Gasteiger charge is 2.13. The number of benzene rings is 2. The first-order chi connectivity index (χ1) is 10.3. The third-order valence-electron chi connectivity index (χ3n) is 3.21. The highest BCUT2D eigenvalue weighted by atomic mass is 32.2. The van der Waals surface area contributed by atoms with Gasteiger partial charge >= 0.3 is 0 Å². The monoisotopic (exact) mass is 298 g/mol. The molecule has 0 spiro atoms. The summed E-state index contributed by atoms with van der Waals surface area (Å²) in [7, 11) is 0. The minimum absolute atomic E-state index is 0.335. The molecule has 0 aliphatic rings. The summed E-state index contributed by atoms with van der Waals surface area (Å²) in [5, 5.41) is 2.41. The molecule has 0 saturated carbocycles. The summed E-state index contributed by atoms with van der Waals surface area (Å²) >= 11 is 1.62. The van der Waals surface area contributed by atoms with Crippen molar-refractivity contribution in [1.29, 1.82) is 0 Å². The minimum atomic E-state index is -0.335. The second-order valence-electron chi connectivity index (χ2n) is 4.53. The number of nitrogen functional groups attached to an aromatic ring is 1. The standard InChI is InChI=1S/C16H14N2O2S/c17-18-16(19)14-7-8-20-15(14)10-21-13-6-5-11-3-1-2-4-12(11)9-13/h1-9H,10,17H2,(H,18,19). The van der Waals surface area contributed by atoms with E-state index in [1.807, 2.05) is 12.1 Å². The molecule has 0 saturated heterocycles. The number of hydrazine groups is 1. The van der Waals surface area contributed by atoms with Crippen LogP contribution < -0.4 is 11.3 Å². The molecule has 3 aromatic rings. The molecule has 0 bridgehead atoms. The van der Waals surface area contributed by atoms with Gasteiger partial charge in [0.05, 0.1) is 17.6 Å². The van der Waals surface area contributed by atoms with Crippen LogP contribution in [0.3, 0.4) is 0 Å². The summed E-state index contributed by atoms with van der Waals surface area (Å²) in [6.07, 6.45) is 1.50. The van der Waals surface area contributed by atoms with Gasteiger partial charge in [0.15, 0.2) is 0 Å². The number of carbonyl (C=O) groups excluding carboxylic acids is 1. The summed E-state index contributed by atoms with van der Waals surface area (Å²) in [6.45, 7) is 0. The number of hydrogen-bond acceptors (Lipinski definition) is 4. The van der Waals surface area contributed by atoms with E-state index in [0.29, 0.717) is 17.1 Å². The maximum Gasteiger partial charge on any atom is 0.268 e. The van der Waals surface area contributed by atoms with Gasteiger partial charge in [0.25, 0.3) is 5.91 Å². The van der Waals surface area contributed by atoms with Crippen molar-refractivity contribution in [3.8, 4) is 0 Å². The van der Waals surface area contributed by atoms with Crippen LogP contribution in [0.1, 0.15) is 16.1 Å². The summed E-state index contributed by atoms with van der Waals surface area (Å²) in [6, 6.07) is 16.1. The molecule has 21 heavy (non-hydrogen) atoms. The Hall–Kier alpha value is -2.24. The van der Waals surface area contributed by atoms with Crippen LogP contribution in [0.15, 0.2) is 64.1 Å². The summed E-state index contributed by atoms with van der Waals surface area (Å²) in [5.41, 5.74) is 2.60. The van der Waals surface area contributed by atoms with Crippen LogP contribution in [0, 0.1) is 0 Å². The van der Waals surface area contributed by atoms with Gasteiger partial charge < -0.3 is 4.42 Å². The zero-order valence-electron chi connectivity index (χ0n) is 11.2. The fourth-order valence-corrected chi connectivity index (χ4v) is 3.03. The van der Waals surface area contributed by atoms with Crippen molar-refractivity contribution in [2.75, 3.05) is 0 Å². The van der Waals surface area contributed by atoms with Gasteiger partial charge in [-0.3, -0.25) is 10.2 Å². The zero-order valence-corrected chi connectivity index (χ0v) is 12.0. The number of furan rings is 1. The predicted molar refractivity (Wildman–Crippen MR) is 83.9 cm³/mol. The van der Waals surface area contributed by atoms with Gasteiger partial charge in [-0.25, -0.2) is 5.84 Å². The number of amides is 1. The molecule has 1 heterocycles. The van der Waals surface area contributed by atoms with Gasteiger partial charge in [-0.15, -0.1) is 11.8 Å². The van der Waals surface area contributed by atoms with Crippen LogP contribution in [0.5, 0.6) is 0 Å². The molecule has 0 fully saturated rings. The summed E-state index contributed by atoms with van der Waals surface area (Å²) < 4.78 is 5.36. The van der Waals surface area contributed by atoms with Gasteiger partial charge in [0.2, 0.25) is 0 Å². The van der Waals surface area contributed by atoms with Crippen LogP contribution in [0.4, 0.5) is 0 Å². The van der Waals surface area contributed by atoms with E-state index in [4.69, 9.17) is 10.3 Å². The molecular weight excluding hydrogens is 284 g/mol. The third-order valence-corrected chi connectivity index (χ3v) is 4.21. The van der Waals surface area contributed by atoms with E-state index in [0.717, 1.165) is 4.90 Å². The Kier molecular flexibility index (Phi) is 3.94. The molecule has 2 aromatic carbocycles. The van der Waals surface area contributed by atoms with E-state index in [2.05, 4.69) is 35.8 Å². The van der Waals surface area contributed by atoms with Crippen LogP contribution in [0.2, 0.25) is 0 Å². The predicted octanol–water partition coefficient (Wildman–Crippen LogP) is 3.33. The van der Waals surface area contributed by atoms with Crippen LogP contribution in [0.25, 0.3) is 10.8 Å². The van der Waals surface area contributed by atoms with Crippen molar-refractivity contribution in [2.24, 2.45) is 5.84 Å². The van der Waals surface area contributed by atoms with E-state index >= 15 is 0 Å². The number of hydrogen-bond donors (Lipinski definition) is 2. The van der Waals surface area contributed by atoms with Crippen LogP contribution in [-0.2, 0) is 5.75 Å². The van der Waals surface area contributed by atoms with Crippen LogP contribution in [-0.4, -0.2) is 5.91 Å². The third kappa shape index (κ3) is 2.94. The normalized spacial score (nSPS) is 10.7. The van der Waals surface area contributed by atoms with E-state index in [1.165, 1.54) is 17.0 Å². The second kappa shape index (κ2) is 6.03. The maximum absolute atomic E-state index is 11.6. The van der Waals surface area contributed by atoms with Crippen molar-refractivity contribution in [3.63, 3.8) is 0 Å². The van der Waals surface area contributed by atoms with Crippen molar-refractivity contribution < 1.29 is 9.21 Å². The lowest BCUT2D eigenvalue weighted by atomic mass is 10.1. The van der Waals surface area contributed by atoms with E-state index < -0.39 is 0 Å². The van der Waals surface area contributed by atoms with E-state index in [-0.39, 0.29) is 5.91 Å². The molecule has 0 unspecified atom stereocenters. The smallest absolute Gasteiger partial charge is 0.268 e. The SMILES string of the molecule is NNC(=O)c1ccoc1CSc1ccc2ccccc2c1. The van der Waals surface area contributed by atoms with Crippen molar-refractivity contribution in [2.45, 2.75) is 10.6 Å². The molecule has 0 atom stereocenters. The van der Waals surface area contributed by atoms with E-state index in [9.17, 15) is 4.79 Å². The minimum Gasteiger partial charge on any atom is -0.468 e. The Morgan fingerprint density at radius 2 is 1.95 bits per heavy atom. The molecule has 4 nitrogen and oxygen atoms in total. The molecular formula is C16H14N2O2S. The number of nitrogens with one attached hydrogen (secondary N) is 1. The Morgan fingerprint density at radius 3 is 2.76 bits per heavy atom. The average Bonchev–Trinajstić information content (AvgIpc) is 3.00. The number of nitrogens with two attached hydrogens (primary N) is 1. The molecule has 1 aromatic heterocycles. The number of rotatable bonds is 4. The van der Waals surface area contributed by atoms with Crippen molar-refractivity contribution >= 4 is 28.4 Å². The lowest BCUT2D eigenvalue weighted by Gasteiger charge is -2.04. The fraction of sp³-hybridized carbons (Fsp3) is 0.0625. The highest BCUT2D eigenvalue weighted by Crippen LogP contribution is 2.27. The molecule has 5 heteroatoms. The zero-order chi connectivity index (χ0) is 14.7. The number of thioether (sulfide) groups is 1.